The Kier molecular flexibility index (Phi) is 6.96. The molecule has 2 rings (SSSR count). The average Bonchev–Trinajstić information content (AvgIpc) is 2.60. The Morgan fingerprint density at radius 1 is 1.15 bits per heavy atom. The fourth-order valence-electron chi connectivity index (χ4n) is 2.16. The van der Waals surface area contributed by atoms with Gasteiger partial charge < -0.3 is 19.9 Å². The third-order valence-corrected chi connectivity index (χ3v) is 3.30. The molecular formula is C19H22N2O5. The number of carbonyl (C=O) groups is 2. The van der Waals surface area contributed by atoms with E-state index in [2.05, 4.69) is 10.3 Å². The van der Waals surface area contributed by atoms with Gasteiger partial charge in [0.05, 0.1) is 6.10 Å². The van der Waals surface area contributed by atoms with Gasteiger partial charge in [0.2, 0.25) is 5.88 Å². The van der Waals surface area contributed by atoms with Crippen molar-refractivity contribution in [3.05, 3.63) is 53.7 Å². The molecule has 1 aromatic carbocycles. The van der Waals surface area contributed by atoms with Crippen LogP contribution in [0, 0.1) is 0 Å². The summed E-state index contributed by atoms with van der Waals surface area (Å²) in [5, 5.41) is 11.4. The van der Waals surface area contributed by atoms with Crippen molar-refractivity contribution in [2.45, 2.75) is 26.4 Å². The van der Waals surface area contributed by atoms with Crippen molar-refractivity contribution in [2.24, 2.45) is 0 Å². The Labute approximate surface area is 152 Å². The molecule has 0 atom stereocenters. The molecule has 7 nitrogen and oxygen atoms in total. The van der Waals surface area contributed by atoms with Gasteiger partial charge >= 0.3 is 5.97 Å². The zero-order chi connectivity index (χ0) is 18.9. The van der Waals surface area contributed by atoms with Gasteiger partial charge in [0.1, 0.15) is 11.4 Å². The second kappa shape index (κ2) is 9.41. The van der Waals surface area contributed by atoms with Crippen LogP contribution in [-0.4, -0.2) is 41.2 Å². The van der Waals surface area contributed by atoms with E-state index < -0.39 is 5.97 Å². The lowest BCUT2D eigenvalue weighted by atomic mass is 10.1. The van der Waals surface area contributed by atoms with Gasteiger partial charge in [-0.25, -0.2) is 9.78 Å². The highest BCUT2D eigenvalue weighted by molar-refractivity contribution is 5.92. The topological polar surface area (TPSA) is 97.8 Å². The van der Waals surface area contributed by atoms with E-state index in [9.17, 15) is 9.59 Å². The molecule has 26 heavy (non-hydrogen) atoms. The molecule has 1 amide bonds. The molecule has 0 aliphatic rings. The summed E-state index contributed by atoms with van der Waals surface area (Å²) in [6.45, 7) is 3.87. The molecule has 138 valence electrons. The summed E-state index contributed by atoms with van der Waals surface area (Å²) in [7, 11) is 0. The van der Waals surface area contributed by atoms with Gasteiger partial charge in [-0.3, -0.25) is 4.79 Å². The molecule has 0 aliphatic heterocycles. The summed E-state index contributed by atoms with van der Waals surface area (Å²) in [5.74, 6) is -0.371. The molecule has 0 bridgehead atoms. The number of ether oxygens (including phenoxy) is 2. The third-order valence-electron chi connectivity index (χ3n) is 3.30. The number of carbonyl (C=O) groups excluding carboxylic acids is 1. The van der Waals surface area contributed by atoms with E-state index in [-0.39, 0.29) is 18.6 Å². The number of aromatic nitrogens is 1. The number of carboxylic acid groups (broad SMARTS) is 1. The van der Waals surface area contributed by atoms with Crippen molar-refractivity contribution in [3.8, 4) is 11.6 Å². The highest BCUT2D eigenvalue weighted by Gasteiger charge is 2.09. The summed E-state index contributed by atoms with van der Waals surface area (Å²) < 4.78 is 10.6. The Morgan fingerprint density at radius 3 is 2.54 bits per heavy atom. The van der Waals surface area contributed by atoms with Crippen LogP contribution >= 0.6 is 0 Å². The smallest absolute Gasteiger partial charge is 0.341 e. The molecule has 1 heterocycles. The summed E-state index contributed by atoms with van der Waals surface area (Å²) in [5.41, 5.74) is 1.30. The van der Waals surface area contributed by atoms with Crippen molar-refractivity contribution in [2.75, 3.05) is 13.2 Å². The molecule has 0 saturated heterocycles. The molecule has 0 unspecified atom stereocenters. The maximum atomic E-state index is 12.2. The van der Waals surface area contributed by atoms with Crippen LogP contribution in [-0.2, 0) is 11.2 Å². The van der Waals surface area contributed by atoms with E-state index in [4.69, 9.17) is 14.6 Å². The molecule has 7 heteroatoms. The average molecular weight is 358 g/mol. The maximum absolute atomic E-state index is 12.2. The summed E-state index contributed by atoms with van der Waals surface area (Å²) >= 11 is 0. The minimum absolute atomic E-state index is 0.0109. The molecule has 0 fully saturated rings. The van der Waals surface area contributed by atoms with Crippen molar-refractivity contribution in [3.63, 3.8) is 0 Å². The number of amides is 1. The van der Waals surface area contributed by atoms with Crippen molar-refractivity contribution in [1.82, 2.24) is 10.3 Å². The fraction of sp³-hybridized carbons (Fsp3) is 0.316. The lowest BCUT2D eigenvalue weighted by molar-refractivity contribution is -0.139. The quantitative estimate of drug-likeness (QED) is 0.714. The predicted octanol–water partition coefficient (Wildman–Crippen LogP) is 2.30. The van der Waals surface area contributed by atoms with Crippen molar-refractivity contribution >= 4 is 11.9 Å². The summed E-state index contributed by atoms with van der Waals surface area (Å²) in [6.07, 6.45) is 0.621. The fourth-order valence-corrected chi connectivity index (χ4v) is 2.16. The predicted molar refractivity (Wildman–Crippen MR) is 95.6 cm³/mol. The van der Waals surface area contributed by atoms with Gasteiger partial charge in [0, 0.05) is 12.6 Å². The monoisotopic (exact) mass is 358 g/mol. The van der Waals surface area contributed by atoms with Crippen LogP contribution < -0.4 is 14.8 Å². The molecule has 2 N–H and O–H groups in total. The standard InChI is InChI=1S/C19H22N2O5/c1-13(2)26-17-5-3-4-16(21-17)19(24)20-11-10-14-6-8-15(9-7-14)25-12-18(22)23/h3-9,13H,10-12H2,1-2H3,(H,20,24)(H,22,23). The van der Waals surface area contributed by atoms with E-state index in [1.165, 1.54) is 0 Å². The normalized spacial score (nSPS) is 10.4. The highest BCUT2D eigenvalue weighted by Crippen LogP contribution is 2.13. The molecule has 1 aromatic heterocycles. The maximum Gasteiger partial charge on any atom is 0.341 e. The van der Waals surface area contributed by atoms with Crippen LogP contribution in [0.4, 0.5) is 0 Å². The Hall–Kier alpha value is -3.09. The molecule has 0 saturated carbocycles. The number of carboxylic acids is 1. The first kappa shape index (κ1) is 19.2. The van der Waals surface area contributed by atoms with Crippen molar-refractivity contribution in [1.29, 1.82) is 0 Å². The first-order valence-corrected chi connectivity index (χ1v) is 8.29. The summed E-state index contributed by atoms with van der Waals surface area (Å²) in [6, 6.07) is 12.2. The number of rotatable bonds is 9. The van der Waals surface area contributed by atoms with Gasteiger partial charge in [0.15, 0.2) is 6.61 Å². The Morgan fingerprint density at radius 2 is 1.88 bits per heavy atom. The first-order chi connectivity index (χ1) is 12.4. The SMILES string of the molecule is CC(C)Oc1cccc(C(=O)NCCc2ccc(OCC(=O)O)cc2)n1. The van der Waals surface area contributed by atoms with Crippen LogP contribution in [0.25, 0.3) is 0 Å². The van der Waals surface area contributed by atoms with E-state index in [1.54, 1.807) is 30.3 Å². The zero-order valence-electron chi connectivity index (χ0n) is 14.8. The second-order valence-corrected chi connectivity index (χ2v) is 5.86. The van der Waals surface area contributed by atoms with Gasteiger partial charge in [-0.2, -0.15) is 0 Å². The van der Waals surface area contributed by atoms with Gasteiger partial charge in [0.25, 0.3) is 5.91 Å². The second-order valence-electron chi connectivity index (χ2n) is 5.86. The summed E-state index contributed by atoms with van der Waals surface area (Å²) in [4.78, 5) is 26.8. The van der Waals surface area contributed by atoms with Gasteiger partial charge in [-0.1, -0.05) is 18.2 Å². The highest BCUT2D eigenvalue weighted by atomic mass is 16.5. The molecule has 0 spiro atoms. The number of aliphatic carboxylic acids is 1. The minimum Gasteiger partial charge on any atom is -0.482 e. The van der Waals surface area contributed by atoms with Crippen LogP contribution in [0.2, 0.25) is 0 Å². The molecule has 0 radical (unpaired) electrons. The largest absolute Gasteiger partial charge is 0.482 e. The minimum atomic E-state index is -1.02. The van der Waals surface area contributed by atoms with Gasteiger partial charge in [-0.05, 0) is 44.0 Å². The van der Waals surface area contributed by atoms with Gasteiger partial charge in [-0.15, -0.1) is 0 Å². The lowest BCUT2D eigenvalue weighted by Crippen LogP contribution is -2.26. The van der Waals surface area contributed by atoms with E-state index in [0.717, 1.165) is 5.56 Å². The lowest BCUT2D eigenvalue weighted by Gasteiger charge is -2.10. The van der Waals surface area contributed by atoms with Crippen LogP contribution in [0.5, 0.6) is 11.6 Å². The number of benzene rings is 1. The number of pyridine rings is 1. The molecule has 2 aromatic rings. The van der Waals surface area contributed by atoms with Crippen LogP contribution in [0.15, 0.2) is 42.5 Å². The third kappa shape index (κ3) is 6.43. The van der Waals surface area contributed by atoms with Crippen LogP contribution in [0.3, 0.4) is 0 Å². The molecule has 0 aliphatic carbocycles. The Bertz CT molecular complexity index is 744. The van der Waals surface area contributed by atoms with Crippen LogP contribution in [0.1, 0.15) is 29.9 Å². The first-order valence-electron chi connectivity index (χ1n) is 8.29. The van der Waals surface area contributed by atoms with E-state index in [1.807, 2.05) is 26.0 Å². The number of hydrogen-bond acceptors (Lipinski definition) is 5. The zero-order valence-corrected chi connectivity index (χ0v) is 14.8. The van der Waals surface area contributed by atoms with E-state index in [0.29, 0.717) is 30.3 Å². The number of nitrogens with zero attached hydrogens (tertiary/aromatic N) is 1. The number of hydrogen-bond donors (Lipinski definition) is 2. The van der Waals surface area contributed by atoms with E-state index >= 15 is 0 Å². The van der Waals surface area contributed by atoms with Crippen molar-refractivity contribution < 1.29 is 24.2 Å². The molecular weight excluding hydrogens is 336 g/mol. The number of nitrogens with one attached hydrogen (secondary N) is 1. The Balaban J connectivity index is 1.81.